The lowest BCUT2D eigenvalue weighted by Gasteiger charge is -2.18. The highest BCUT2D eigenvalue weighted by atomic mass is 32.2. The summed E-state index contributed by atoms with van der Waals surface area (Å²) in [7, 11) is 0. The van der Waals surface area contributed by atoms with Crippen LogP contribution in [0.3, 0.4) is 0 Å². The summed E-state index contributed by atoms with van der Waals surface area (Å²) in [5, 5.41) is 15.4. The molecule has 158 valence electrons. The van der Waals surface area contributed by atoms with Crippen LogP contribution in [0.25, 0.3) is 0 Å². The summed E-state index contributed by atoms with van der Waals surface area (Å²) >= 11 is 4.14. The van der Waals surface area contributed by atoms with E-state index in [2.05, 4.69) is 27.8 Å². The van der Waals surface area contributed by atoms with E-state index >= 15 is 0 Å². The van der Waals surface area contributed by atoms with E-state index in [0.717, 1.165) is 35.5 Å². The highest BCUT2D eigenvalue weighted by Crippen LogP contribution is 2.39. The maximum Gasteiger partial charge on any atom is 0.251 e. The number of nitrogens with one attached hydrogen (secondary N) is 2. The summed E-state index contributed by atoms with van der Waals surface area (Å²) in [4.78, 5) is 25.6. The van der Waals surface area contributed by atoms with E-state index in [1.54, 1.807) is 6.26 Å². The number of anilines is 2. The number of primary amides is 1. The fourth-order valence-corrected chi connectivity index (χ4v) is 6.28. The first-order valence-corrected chi connectivity index (χ1v) is 12.1. The zero-order chi connectivity index (χ0) is 21.1. The number of furan rings is 1. The average molecular weight is 464 g/mol. The summed E-state index contributed by atoms with van der Waals surface area (Å²) < 4.78 is 5.95. The third-order valence-corrected chi connectivity index (χ3v) is 7.92. The molecule has 8 nitrogen and oxygen atoms in total. The minimum atomic E-state index is -0.485. The molecule has 1 aliphatic carbocycles. The quantitative estimate of drug-likeness (QED) is 0.435. The number of fused-ring (bicyclic) bond motifs is 1. The predicted molar refractivity (Wildman–Crippen MR) is 119 cm³/mol. The molecule has 0 saturated heterocycles. The number of hydrogen-bond donors (Lipinski definition) is 3. The van der Waals surface area contributed by atoms with Crippen LogP contribution in [0, 0.1) is 5.92 Å². The number of hydrogen-bond acceptors (Lipinski definition) is 9. The molecule has 0 fully saturated rings. The van der Waals surface area contributed by atoms with Gasteiger partial charge in [0.1, 0.15) is 10.8 Å². The second kappa shape index (κ2) is 9.19. The van der Waals surface area contributed by atoms with E-state index < -0.39 is 5.91 Å². The fourth-order valence-electron chi connectivity index (χ4n) is 3.30. The molecule has 11 heteroatoms. The van der Waals surface area contributed by atoms with E-state index in [4.69, 9.17) is 10.2 Å². The summed E-state index contributed by atoms with van der Waals surface area (Å²) in [6.07, 6.45) is 4.39. The Morgan fingerprint density at radius 3 is 3.00 bits per heavy atom. The predicted octanol–water partition coefficient (Wildman–Crippen LogP) is 3.76. The minimum absolute atomic E-state index is 0.171. The van der Waals surface area contributed by atoms with Gasteiger partial charge in [0, 0.05) is 4.88 Å². The lowest BCUT2D eigenvalue weighted by molar-refractivity contribution is -0.113. The van der Waals surface area contributed by atoms with Gasteiger partial charge in [0.25, 0.3) is 5.91 Å². The minimum Gasteiger partial charge on any atom is -0.467 e. The van der Waals surface area contributed by atoms with Crippen molar-refractivity contribution in [3.63, 3.8) is 0 Å². The van der Waals surface area contributed by atoms with Crippen molar-refractivity contribution in [3.05, 3.63) is 40.2 Å². The molecule has 3 heterocycles. The molecule has 1 aliphatic rings. The van der Waals surface area contributed by atoms with Crippen LogP contribution in [0.15, 0.2) is 27.2 Å². The maximum atomic E-state index is 12.5. The van der Waals surface area contributed by atoms with Crippen LogP contribution < -0.4 is 16.4 Å². The molecule has 0 radical (unpaired) electrons. The van der Waals surface area contributed by atoms with Gasteiger partial charge in [-0.3, -0.25) is 9.59 Å². The third kappa shape index (κ3) is 4.85. The van der Waals surface area contributed by atoms with E-state index in [1.165, 1.54) is 34.4 Å². The number of carbonyl (C=O) groups excluding carboxylic acids is 2. The number of carbonyl (C=O) groups is 2. The van der Waals surface area contributed by atoms with Gasteiger partial charge >= 0.3 is 0 Å². The van der Waals surface area contributed by atoms with Crippen LogP contribution in [-0.2, 0) is 24.2 Å². The molecule has 0 bridgehead atoms. The number of nitrogens with two attached hydrogens (primary N) is 1. The van der Waals surface area contributed by atoms with Crippen molar-refractivity contribution >= 4 is 56.4 Å². The molecule has 4 N–H and O–H groups in total. The zero-order valence-electron chi connectivity index (χ0n) is 16.3. The third-order valence-electron chi connectivity index (χ3n) is 4.74. The molecule has 2 amide bonds. The van der Waals surface area contributed by atoms with Crippen molar-refractivity contribution < 1.29 is 14.0 Å². The van der Waals surface area contributed by atoms with Gasteiger partial charge in [0.05, 0.1) is 24.1 Å². The Kier molecular flexibility index (Phi) is 6.40. The molecule has 30 heavy (non-hydrogen) atoms. The zero-order valence-corrected chi connectivity index (χ0v) is 18.7. The summed E-state index contributed by atoms with van der Waals surface area (Å²) in [5.41, 5.74) is 7.08. The first-order chi connectivity index (χ1) is 14.5. The van der Waals surface area contributed by atoms with Crippen molar-refractivity contribution in [3.8, 4) is 0 Å². The number of amides is 2. The normalized spacial score (nSPS) is 15.6. The Morgan fingerprint density at radius 2 is 2.23 bits per heavy atom. The summed E-state index contributed by atoms with van der Waals surface area (Å²) in [6.45, 7) is 2.71. The summed E-state index contributed by atoms with van der Waals surface area (Å²) in [5.74, 6) is 0.862. The van der Waals surface area contributed by atoms with Crippen molar-refractivity contribution in [1.29, 1.82) is 0 Å². The molecule has 0 aromatic carbocycles. The maximum absolute atomic E-state index is 12.5. The van der Waals surface area contributed by atoms with Crippen molar-refractivity contribution in [2.45, 2.75) is 37.1 Å². The van der Waals surface area contributed by atoms with Crippen LogP contribution in [0.1, 0.15) is 39.9 Å². The first-order valence-electron chi connectivity index (χ1n) is 9.46. The Morgan fingerprint density at radius 1 is 1.37 bits per heavy atom. The van der Waals surface area contributed by atoms with Crippen molar-refractivity contribution in [1.82, 2.24) is 10.2 Å². The van der Waals surface area contributed by atoms with E-state index in [1.807, 2.05) is 12.1 Å². The van der Waals surface area contributed by atoms with Gasteiger partial charge < -0.3 is 20.8 Å². The Bertz CT molecular complexity index is 1040. The topological polar surface area (TPSA) is 123 Å². The van der Waals surface area contributed by atoms with Gasteiger partial charge in [-0.25, -0.2) is 0 Å². The van der Waals surface area contributed by atoms with E-state index in [9.17, 15) is 9.59 Å². The second-order valence-electron chi connectivity index (χ2n) is 7.06. The van der Waals surface area contributed by atoms with Gasteiger partial charge in [-0.1, -0.05) is 30.0 Å². The van der Waals surface area contributed by atoms with Crippen molar-refractivity contribution in [2.24, 2.45) is 11.7 Å². The van der Waals surface area contributed by atoms with Crippen LogP contribution in [0.5, 0.6) is 0 Å². The molecule has 0 spiro atoms. The number of thiophene rings is 1. The molecular weight excluding hydrogens is 442 g/mol. The Labute approximate surface area is 185 Å². The molecule has 3 aromatic heterocycles. The molecular formula is C19H21N5O3S3. The lowest BCUT2D eigenvalue weighted by atomic mass is 9.88. The van der Waals surface area contributed by atoms with E-state index in [0.29, 0.717) is 32.5 Å². The van der Waals surface area contributed by atoms with E-state index in [-0.39, 0.29) is 11.7 Å². The number of nitrogens with zero attached hydrogens (tertiary/aromatic N) is 2. The average Bonchev–Trinajstić information content (AvgIpc) is 3.44. The highest BCUT2D eigenvalue weighted by Gasteiger charge is 2.27. The summed E-state index contributed by atoms with van der Waals surface area (Å²) in [6, 6.07) is 3.70. The van der Waals surface area contributed by atoms with Gasteiger partial charge in [0.2, 0.25) is 11.0 Å². The SMILES string of the molecule is C[C@@H]1CCc2c(sc(NC(=O)CSc3nnc(NCc4ccco4)s3)c2C(N)=O)C1. The molecule has 3 aromatic rings. The van der Waals surface area contributed by atoms with Crippen LogP contribution in [0.4, 0.5) is 10.1 Å². The van der Waals surface area contributed by atoms with Gasteiger partial charge in [-0.05, 0) is 42.9 Å². The lowest BCUT2D eigenvalue weighted by Crippen LogP contribution is -2.20. The van der Waals surface area contributed by atoms with Crippen LogP contribution in [0.2, 0.25) is 0 Å². The fraction of sp³-hybridized carbons (Fsp3) is 0.368. The van der Waals surface area contributed by atoms with Gasteiger partial charge in [-0.2, -0.15) is 0 Å². The van der Waals surface area contributed by atoms with Gasteiger partial charge in [0.15, 0.2) is 4.34 Å². The van der Waals surface area contributed by atoms with Crippen LogP contribution >= 0.6 is 34.4 Å². The molecule has 1 atom stereocenters. The highest BCUT2D eigenvalue weighted by molar-refractivity contribution is 8.01. The largest absolute Gasteiger partial charge is 0.467 e. The number of thioether (sulfide) groups is 1. The van der Waals surface area contributed by atoms with Gasteiger partial charge in [-0.15, -0.1) is 21.5 Å². The molecule has 0 aliphatic heterocycles. The standard InChI is InChI=1S/C19H21N5O3S3/c1-10-4-5-12-13(7-10)29-17(15(12)16(20)26)22-14(25)9-28-19-24-23-18(30-19)21-8-11-3-2-6-27-11/h2-3,6,10H,4-5,7-9H2,1H3,(H2,20,26)(H,21,23)(H,22,25)/t10-/m1/s1. The molecule has 4 rings (SSSR count). The first kappa shape index (κ1) is 20.9. The molecule has 0 saturated carbocycles. The number of rotatable bonds is 8. The monoisotopic (exact) mass is 463 g/mol. The Balaban J connectivity index is 1.34. The molecule has 0 unspecified atom stereocenters. The van der Waals surface area contributed by atoms with Crippen molar-refractivity contribution in [2.75, 3.05) is 16.4 Å². The van der Waals surface area contributed by atoms with Crippen LogP contribution in [-0.4, -0.2) is 27.8 Å². The smallest absolute Gasteiger partial charge is 0.251 e. The second-order valence-corrected chi connectivity index (χ2v) is 10.4. The number of aromatic nitrogens is 2. The Hall–Kier alpha value is -2.37.